The van der Waals surface area contributed by atoms with Crippen LogP contribution in [0.5, 0.6) is 0 Å². The van der Waals surface area contributed by atoms with Crippen molar-refractivity contribution in [1.29, 1.82) is 0 Å². The van der Waals surface area contributed by atoms with E-state index in [9.17, 15) is 4.79 Å². The highest BCUT2D eigenvalue weighted by molar-refractivity contribution is 5.96. The molecule has 1 saturated heterocycles. The zero-order valence-corrected chi connectivity index (χ0v) is 12.0. The molecule has 1 aliphatic heterocycles. The number of fused-ring (bicyclic) bond motifs is 1. The summed E-state index contributed by atoms with van der Waals surface area (Å²) >= 11 is 0. The van der Waals surface area contributed by atoms with E-state index in [1.165, 1.54) is 0 Å². The number of aliphatic hydroxyl groups excluding tert-OH is 1. The lowest BCUT2D eigenvalue weighted by Crippen LogP contribution is -2.35. The maximum atomic E-state index is 12.6. The topological polar surface area (TPSA) is 56.9 Å². The summed E-state index contributed by atoms with van der Waals surface area (Å²) in [5, 5.41) is 9.96. The molecule has 1 aromatic carbocycles. The van der Waals surface area contributed by atoms with E-state index in [1.807, 2.05) is 35.2 Å². The monoisotopic (exact) mass is 288 g/mol. The molecule has 1 fully saturated rings. The molecule has 1 aliphatic rings. The first-order valence-electron chi connectivity index (χ1n) is 7.39. The zero-order chi connectivity index (χ0) is 14.7. The van der Waals surface area contributed by atoms with E-state index in [1.54, 1.807) is 0 Å². The van der Waals surface area contributed by atoms with Crippen molar-refractivity contribution in [2.45, 2.75) is 6.42 Å². The van der Waals surface area contributed by atoms with Gasteiger partial charge in [-0.2, -0.15) is 0 Å². The molecule has 5 nitrogen and oxygen atoms in total. The number of carbonyl (C=O) groups excluding carboxylic acids is 1. The normalized spacial score (nSPS) is 17.1. The molecule has 0 atom stereocenters. The highest BCUT2D eigenvalue weighted by Crippen LogP contribution is 2.20. The molecular formula is C16H20N2O3. The molecule has 2 heterocycles. The maximum Gasteiger partial charge on any atom is 0.289 e. The lowest BCUT2D eigenvalue weighted by Gasteiger charge is -2.20. The lowest BCUT2D eigenvalue weighted by atomic mass is 10.2. The van der Waals surface area contributed by atoms with E-state index >= 15 is 0 Å². The van der Waals surface area contributed by atoms with Crippen molar-refractivity contribution >= 4 is 16.9 Å². The number of hydrogen-bond acceptors (Lipinski definition) is 4. The fraction of sp³-hybridized carbons (Fsp3) is 0.438. The third kappa shape index (κ3) is 3.09. The van der Waals surface area contributed by atoms with Gasteiger partial charge in [-0.25, -0.2) is 0 Å². The van der Waals surface area contributed by atoms with Crippen molar-refractivity contribution < 1.29 is 14.3 Å². The Hall–Kier alpha value is -1.85. The first-order chi connectivity index (χ1) is 10.3. The van der Waals surface area contributed by atoms with Gasteiger partial charge in [0.1, 0.15) is 5.58 Å². The smallest absolute Gasteiger partial charge is 0.289 e. The van der Waals surface area contributed by atoms with Gasteiger partial charge in [0.05, 0.1) is 6.61 Å². The van der Waals surface area contributed by atoms with Gasteiger partial charge in [-0.05, 0) is 25.1 Å². The average molecular weight is 288 g/mol. The van der Waals surface area contributed by atoms with Crippen LogP contribution in [0.4, 0.5) is 0 Å². The molecule has 0 radical (unpaired) electrons. The number of aliphatic hydroxyl groups is 1. The fourth-order valence-electron chi connectivity index (χ4n) is 2.78. The second-order valence-corrected chi connectivity index (χ2v) is 5.36. The Morgan fingerprint density at radius 2 is 2.05 bits per heavy atom. The largest absolute Gasteiger partial charge is 0.451 e. The highest BCUT2D eigenvalue weighted by atomic mass is 16.3. The summed E-state index contributed by atoms with van der Waals surface area (Å²) in [6.45, 7) is 3.97. The summed E-state index contributed by atoms with van der Waals surface area (Å²) in [4.78, 5) is 16.6. The Balaban J connectivity index is 1.72. The first-order valence-corrected chi connectivity index (χ1v) is 7.39. The van der Waals surface area contributed by atoms with E-state index in [-0.39, 0.29) is 12.5 Å². The summed E-state index contributed by atoms with van der Waals surface area (Å²) in [6, 6.07) is 9.47. The van der Waals surface area contributed by atoms with Crippen LogP contribution < -0.4 is 0 Å². The van der Waals surface area contributed by atoms with Gasteiger partial charge in [0.25, 0.3) is 5.91 Å². The molecule has 2 aromatic rings. The minimum absolute atomic E-state index is 0.0444. The number of furan rings is 1. The molecule has 0 aliphatic carbocycles. The van der Waals surface area contributed by atoms with Crippen molar-refractivity contribution in [3.8, 4) is 0 Å². The molecule has 0 saturated carbocycles. The first kappa shape index (κ1) is 14.1. The number of amides is 1. The Morgan fingerprint density at radius 3 is 2.86 bits per heavy atom. The third-order valence-corrected chi connectivity index (χ3v) is 3.93. The van der Waals surface area contributed by atoms with Crippen molar-refractivity contribution in [2.24, 2.45) is 0 Å². The molecule has 5 heteroatoms. The van der Waals surface area contributed by atoms with E-state index < -0.39 is 0 Å². The third-order valence-electron chi connectivity index (χ3n) is 3.93. The predicted octanol–water partition coefficient (Wildman–Crippen LogP) is 1.57. The molecule has 0 bridgehead atoms. The number of benzene rings is 1. The number of β-amino-alcohol motifs (C(OH)–C–C–N with tert-alkyl or cyclic N) is 1. The number of carbonyl (C=O) groups is 1. The predicted molar refractivity (Wildman–Crippen MR) is 80.3 cm³/mol. The Bertz CT molecular complexity index is 590. The number of para-hydroxylation sites is 1. The fourth-order valence-corrected chi connectivity index (χ4v) is 2.78. The van der Waals surface area contributed by atoms with Crippen LogP contribution >= 0.6 is 0 Å². The minimum Gasteiger partial charge on any atom is -0.451 e. The van der Waals surface area contributed by atoms with Crippen LogP contribution in [0, 0.1) is 0 Å². The lowest BCUT2D eigenvalue weighted by molar-refractivity contribution is 0.0731. The van der Waals surface area contributed by atoms with Crippen LogP contribution in [0.3, 0.4) is 0 Å². The standard InChI is InChI=1S/C16H20N2O3/c19-11-10-17-6-3-7-18(9-8-17)16(20)15-12-13-4-1-2-5-14(13)21-15/h1-2,4-5,12,19H,3,6-11H2. The molecule has 0 unspecified atom stereocenters. The van der Waals surface area contributed by atoms with E-state index in [0.29, 0.717) is 18.8 Å². The van der Waals surface area contributed by atoms with Crippen LogP contribution in [0.2, 0.25) is 0 Å². The highest BCUT2D eigenvalue weighted by Gasteiger charge is 2.22. The van der Waals surface area contributed by atoms with Gasteiger partial charge in [-0.15, -0.1) is 0 Å². The van der Waals surface area contributed by atoms with Gasteiger partial charge in [-0.1, -0.05) is 18.2 Å². The molecule has 21 heavy (non-hydrogen) atoms. The molecule has 1 amide bonds. The Morgan fingerprint density at radius 1 is 1.19 bits per heavy atom. The van der Waals surface area contributed by atoms with Crippen molar-refractivity contribution in [3.05, 3.63) is 36.1 Å². The summed E-state index contributed by atoms with van der Waals surface area (Å²) in [7, 11) is 0. The van der Waals surface area contributed by atoms with Crippen LogP contribution in [-0.2, 0) is 0 Å². The summed E-state index contributed by atoms with van der Waals surface area (Å²) in [6.07, 6.45) is 0.923. The van der Waals surface area contributed by atoms with E-state index in [2.05, 4.69) is 4.90 Å². The molecule has 0 spiro atoms. The van der Waals surface area contributed by atoms with Gasteiger partial charge in [0.15, 0.2) is 5.76 Å². The van der Waals surface area contributed by atoms with Crippen molar-refractivity contribution in [3.63, 3.8) is 0 Å². The number of rotatable bonds is 3. The zero-order valence-electron chi connectivity index (χ0n) is 12.0. The van der Waals surface area contributed by atoms with Crippen LogP contribution in [-0.4, -0.2) is 60.1 Å². The van der Waals surface area contributed by atoms with Gasteiger partial charge in [-0.3, -0.25) is 9.69 Å². The summed E-state index contributed by atoms with van der Waals surface area (Å²) < 4.78 is 5.65. The molecule has 3 rings (SSSR count). The number of hydrogen-bond donors (Lipinski definition) is 1. The van der Waals surface area contributed by atoms with Gasteiger partial charge >= 0.3 is 0 Å². The SMILES string of the molecule is O=C(c1cc2ccccc2o1)N1CCCN(CCO)CC1. The van der Waals surface area contributed by atoms with Crippen LogP contribution in [0.25, 0.3) is 11.0 Å². The van der Waals surface area contributed by atoms with Crippen LogP contribution in [0.15, 0.2) is 34.7 Å². The van der Waals surface area contributed by atoms with Crippen molar-refractivity contribution in [1.82, 2.24) is 9.80 Å². The van der Waals surface area contributed by atoms with E-state index in [0.717, 1.165) is 37.0 Å². The Kier molecular flexibility index (Phi) is 4.22. The summed E-state index contributed by atoms with van der Waals surface area (Å²) in [5.74, 6) is 0.365. The van der Waals surface area contributed by atoms with Gasteiger partial charge < -0.3 is 14.4 Å². The second-order valence-electron chi connectivity index (χ2n) is 5.36. The molecule has 1 aromatic heterocycles. The van der Waals surface area contributed by atoms with Crippen LogP contribution in [0.1, 0.15) is 17.0 Å². The minimum atomic E-state index is -0.0444. The van der Waals surface area contributed by atoms with Gasteiger partial charge in [0, 0.05) is 31.6 Å². The second kappa shape index (κ2) is 6.28. The molecule has 1 N–H and O–H groups in total. The Labute approximate surface area is 123 Å². The van der Waals surface area contributed by atoms with E-state index in [4.69, 9.17) is 9.52 Å². The quantitative estimate of drug-likeness (QED) is 0.931. The molecule has 112 valence electrons. The summed E-state index contributed by atoms with van der Waals surface area (Å²) in [5.41, 5.74) is 0.748. The average Bonchev–Trinajstić information content (AvgIpc) is 2.80. The van der Waals surface area contributed by atoms with Gasteiger partial charge in [0.2, 0.25) is 0 Å². The maximum absolute atomic E-state index is 12.6. The molecular weight excluding hydrogens is 268 g/mol. The number of nitrogens with zero attached hydrogens (tertiary/aromatic N) is 2. The van der Waals surface area contributed by atoms with Crippen molar-refractivity contribution in [2.75, 3.05) is 39.3 Å².